The van der Waals surface area contributed by atoms with Gasteiger partial charge in [0.15, 0.2) is 0 Å². The SMILES string of the molecule is Clc1ccc(NNCCCc2ccccc2)cc1. The molecule has 0 aliphatic carbocycles. The van der Waals surface area contributed by atoms with Gasteiger partial charge in [-0.05, 0) is 42.7 Å². The summed E-state index contributed by atoms with van der Waals surface area (Å²) in [5, 5.41) is 0.754. The van der Waals surface area contributed by atoms with E-state index < -0.39 is 0 Å². The first kappa shape index (κ1) is 12.9. The fourth-order valence-electron chi connectivity index (χ4n) is 1.72. The second kappa shape index (κ2) is 7.04. The number of rotatable bonds is 6. The molecule has 2 aromatic rings. The predicted octanol–water partition coefficient (Wildman–Crippen LogP) is 3.89. The maximum atomic E-state index is 5.82. The van der Waals surface area contributed by atoms with Crippen LogP contribution in [0.15, 0.2) is 54.6 Å². The Morgan fingerprint density at radius 3 is 2.33 bits per heavy atom. The monoisotopic (exact) mass is 260 g/mol. The summed E-state index contributed by atoms with van der Waals surface area (Å²) in [5.41, 5.74) is 8.76. The first-order chi connectivity index (χ1) is 8.84. The summed E-state index contributed by atoms with van der Waals surface area (Å²) in [7, 11) is 0. The minimum Gasteiger partial charge on any atom is -0.322 e. The summed E-state index contributed by atoms with van der Waals surface area (Å²) in [5.74, 6) is 0. The van der Waals surface area contributed by atoms with Crippen LogP contribution in [0.25, 0.3) is 0 Å². The van der Waals surface area contributed by atoms with Gasteiger partial charge in [-0.2, -0.15) is 0 Å². The maximum absolute atomic E-state index is 5.82. The van der Waals surface area contributed by atoms with E-state index in [2.05, 4.69) is 35.1 Å². The average molecular weight is 261 g/mol. The number of hydrogen-bond acceptors (Lipinski definition) is 2. The Morgan fingerprint density at radius 2 is 1.61 bits per heavy atom. The summed E-state index contributed by atoms with van der Waals surface area (Å²) < 4.78 is 0. The molecule has 3 heteroatoms. The Labute approximate surface area is 113 Å². The van der Waals surface area contributed by atoms with Crippen LogP contribution in [0.1, 0.15) is 12.0 Å². The van der Waals surface area contributed by atoms with Crippen LogP contribution >= 0.6 is 11.6 Å². The smallest absolute Gasteiger partial charge is 0.0488 e. The molecule has 0 atom stereocenters. The number of hydrazine groups is 1. The molecule has 0 fully saturated rings. The Bertz CT molecular complexity index is 454. The summed E-state index contributed by atoms with van der Waals surface area (Å²) in [6.45, 7) is 0.928. The molecule has 0 aliphatic heterocycles. The molecule has 0 heterocycles. The fourth-order valence-corrected chi connectivity index (χ4v) is 1.85. The van der Waals surface area contributed by atoms with Crippen LogP contribution in [0.2, 0.25) is 5.02 Å². The number of benzene rings is 2. The van der Waals surface area contributed by atoms with Gasteiger partial charge in [0, 0.05) is 17.3 Å². The summed E-state index contributed by atoms with van der Waals surface area (Å²) in [6, 6.07) is 18.2. The molecule has 0 saturated carbocycles. The van der Waals surface area contributed by atoms with Gasteiger partial charge < -0.3 is 5.43 Å². The van der Waals surface area contributed by atoms with E-state index in [1.807, 2.05) is 30.3 Å². The molecule has 2 nitrogen and oxygen atoms in total. The molecule has 0 bridgehead atoms. The van der Waals surface area contributed by atoms with Crippen LogP contribution in [0.4, 0.5) is 5.69 Å². The predicted molar refractivity (Wildman–Crippen MR) is 77.8 cm³/mol. The van der Waals surface area contributed by atoms with Crippen LogP contribution < -0.4 is 10.9 Å². The third-order valence-corrected chi connectivity index (χ3v) is 2.94. The summed E-state index contributed by atoms with van der Waals surface area (Å²) in [4.78, 5) is 0. The first-order valence-corrected chi connectivity index (χ1v) is 6.51. The van der Waals surface area contributed by atoms with E-state index >= 15 is 0 Å². The highest BCUT2D eigenvalue weighted by Crippen LogP contribution is 2.12. The third kappa shape index (κ3) is 4.40. The first-order valence-electron chi connectivity index (χ1n) is 6.13. The van der Waals surface area contributed by atoms with Crippen molar-refractivity contribution in [1.29, 1.82) is 0 Å². The Kier molecular flexibility index (Phi) is 5.06. The van der Waals surface area contributed by atoms with Crippen LogP contribution in [-0.4, -0.2) is 6.54 Å². The minimum absolute atomic E-state index is 0.754. The number of anilines is 1. The van der Waals surface area contributed by atoms with Crippen molar-refractivity contribution < 1.29 is 0 Å². The molecule has 2 aromatic carbocycles. The van der Waals surface area contributed by atoms with Crippen molar-refractivity contribution in [3.63, 3.8) is 0 Å². The summed E-state index contributed by atoms with van der Waals surface area (Å²) in [6.07, 6.45) is 2.20. The molecular formula is C15H17ClN2. The lowest BCUT2D eigenvalue weighted by atomic mass is 10.1. The molecule has 94 valence electrons. The van der Waals surface area contributed by atoms with Crippen molar-refractivity contribution in [1.82, 2.24) is 5.43 Å². The van der Waals surface area contributed by atoms with E-state index in [9.17, 15) is 0 Å². The highest BCUT2D eigenvalue weighted by Gasteiger charge is 1.93. The highest BCUT2D eigenvalue weighted by atomic mass is 35.5. The van der Waals surface area contributed by atoms with Crippen LogP contribution in [0.5, 0.6) is 0 Å². The zero-order valence-corrected chi connectivity index (χ0v) is 11.0. The second-order valence-electron chi connectivity index (χ2n) is 4.15. The molecule has 0 aromatic heterocycles. The number of nitrogens with one attached hydrogen (secondary N) is 2. The van der Waals surface area contributed by atoms with Crippen LogP contribution in [0.3, 0.4) is 0 Å². The van der Waals surface area contributed by atoms with Crippen molar-refractivity contribution in [2.24, 2.45) is 0 Å². The molecular weight excluding hydrogens is 244 g/mol. The number of hydrogen-bond donors (Lipinski definition) is 2. The highest BCUT2D eigenvalue weighted by molar-refractivity contribution is 6.30. The third-order valence-electron chi connectivity index (χ3n) is 2.69. The van der Waals surface area contributed by atoms with Crippen LogP contribution in [0, 0.1) is 0 Å². The number of halogens is 1. The zero-order chi connectivity index (χ0) is 12.6. The number of aryl methyl sites for hydroxylation is 1. The standard InChI is InChI=1S/C15H17ClN2/c16-14-8-10-15(11-9-14)18-17-12-4-7-13-5-2-1-3-6-13/h1-3,5-6,8-11,17-18H,4,7,12H2. The molecule has 0 unspecified atom stereocenters. The molecule has 0 radical (unpaired) electrons. The van der Waals surface area contributed by atoms with Gasteiger partial charge in [-0.15, -0.1) is 0 Å². The zero-order valence-electron chi connectivity index (χ0n) is 10.2. The molecule has 0 spiro atoms. The van der Waals surface area contributed by atoms with Crippen LogP contribution in [-0.2, 0) is 6.42 Å². The second-order valence-corrected chi connectivity index (χ2v) is 4.58. The Balaban J connectivity index is 1.63. The van der Waals surface area contributed by atoms with E-state index in [4.69, 9.17) is 11.6 Å². The van der Waals surface area contributed by atoms with E-state index in [-0.39, 0.29) is 0 Å². The van der Waals surface area contributed by atoms with Gasteiger partial charge in [0.05, 0.1) is 0 Å². The fraction of sp³-hybridized carbons (Fsp3) is 0.200. The molecule has 0 saturated heterocycles. The normalized spacial score (nSPS) is 10.3. The molecule has 18 heavy (non-hydrogen) atoms. The van der Waals surface area contributed by atoms with E-state index in [1.165, 1.54) is 5.56 Å². The quantitative estimate of drug-likeness (QED) is 0.608. The molecule has 2 N–H and O–H groups in total. The van der Waals surface area contributed by atoms with Crippen molar-refractivity contribution in [2.75, 3.05) is 12.0 Å². The lowest BCUT2D eigenvalue weighted by molar-refractivity contribution is 0.717. The summed E-state index contributed by atoms with van der Waals surface area (Å²) >= 11 is 5.82. The Hall–Kier alpha value is -1.51. The lowest BCUT2D eigenvalue weighted by Gasteiger charge is -2.08. The van der Waals surface area contributed by atoms with Crippen molar-refractivity contribution >= 4 is 17.3 Å². The van der Waals surface area contributed by atoms with Gasteiger partial charge in [0.1, 0.15) is 0 Å². The van der Waals surface area contributed by atoms with E-state index in [1.54, 1.807) is 0 Å². The maximum Gasteiger partial charge on any atom is 0.0488 e. The van der Waals surface area contributed by atoms with Gasteiger partial charge in [0.25, 0.3) is 0 Å². The largest absolute Gasteiger partial charge is 0.322 e. The molecule has 0 aliphatic rings. The van der Waals surface area contributed by atoms with Gasteiger partial charge in [-0.3, -0.25) is 0 Å². The van der Waals surface area contributed by atoms with Gasteiger partial charge in [0.2, 0.25) is 0 Å². The van der Waals surface area contributed by atoms with Gasteiger partial charge >= 0.3 is 0 Å². The van der Waals surface area contributed by atoms with Crippen molar-refractivity contribution in [3.05, 3.63) is 65.2 Å². The Morgan fingerprint density at radius 1 is 0.889 bits per heavy atom. The molecule has 2 rings (SSSR count). The van der Waals surface area contributed by atoms with E-state index in [0.717, 1.165) is 30.1 Å². The van der Waals surface area contributed by atoms with Gasteiger partial charge in [-0.1, -0.05) is 41.9 Å². The van der Waals surface area contributed by atoms with E-state index in [0.29, 0.717) is 0 Å². The van der Waals surface area contributed by atoms with Crippen molar-refractivity contribution in [2.45, 2.75) is 12.8 Å². The molecule has 0 amide bonds. The van der Waals surface area contributed by atoms with Crippen molar-refractivity contribution in [3.8, 4) is 0 Å². The van der Waals surface area contributed by atoms with Gasteiger partial charge in [-0.25, -0.2) is 5.43 Å². The lowest BCUT2D eigenvalue weighted by Crippen LogP contribution is -2.22. The average Bonchev–Trinajstić information content (AvgIpc) is 2.42. The topological polar surface area (TPSA) is 24.1 Å². The minimum atomic E-state index is 0.754.